The van der Waals surface area contributed by atoms with E-state index in [1.165, 1.54) is 0 Å². The van der Waals surface area contributed by atoms with Gasteiger partial charge in [-0.2, -0.15) is 0 Å². The van der Waals surface area contributed by atoms with Crippen LogP contribution in [0.1, 0.15) is 6.92 Å². The summed E-state index contributed by atoms with van der Waals surface area (Å²) in [7, 11) is 2.08. The Bertz CT molecular complexity index is 95.6. The van der Waals surface area contributed by atoms with Gasteiger partial charge >= 0.3 is 0 Å². The third kappa shape index (κ3) is 2.25. The van der Waals surface area contributed by atoms with Crippen LogP contribution < -0.4 is 0 Å². The van der Waals surface area contributed by atoms with Crippen LogP contribution in [0.25, 0.3) is 0 Å². The zero-order chi connectivity index (χ0) is 7.40. The SMILES string of the molecule is CCOC1CN(C)CCO1. The van der Waals surface area contributed by atoms with Crippen molar-refractivity contribution in [2.45, 2.75) is 13.2 Å². The number of likely N-dealkylation sites (N-methyl/N-ethyl adjacent to an activating group) is 1. The van der Waals surface area contributed by atoms with E-state index in [4.69, 9.17) is 9.47 Å². The fourth-order valence-corrected chi connectivity index (χ4v) is 1.03. The Kier molecular flexibility index (Phi) is 3.12. The number of morpholine rings is 1. The average Bonchev–Trinajstić information content (AvgIpc) is 1.88. The Hall–Kier alpha value is -0.120. The number of nitrogens with zero attached hydrogens (tertiary/aromatic N) is 1. The maximum absolute atomic E-state index is 5.32. The summed E-state index contributed by atoms with van der Waals surface area (Å²) in [5.74, 6) is 0. The van der Waals surface area contributed by atoms with Crippen LogP contribution in [-0.2, 0) is 9.47 Å². The van der Waals surface area contributed by atoms with Crippen LogP contribution in [0.3, 0.4) is 0 Å². The quantitative estimate of drug-likeness (QED) is 0.558. The van der Waals surface area contributed by atoms with Gasteiger partial charge in [0.05, 0.1) is 6.61 Å². The van der Waals surface area contributed by atoms with Crippen molar-refractivity contribution in [3.8, 4) is 0 Å². The Morgan fingerprint density at radius 1 is 1.70 bits per heavy atom. The number of hydrogen-bond donors (Lipinski definition) is 0. The second-order valence-electron chi connectivity index (χ2n) is 2.52. The van der Waals surface area contributed by atoms with Crippen LogP contribution in [0.2, 0.25) is 0 Å². The normalized spacial score (nSPS) is 28.8. The van der Waals surface area contributed by atoms with Crippen LogP contribution >= 0.6 is 0 Å². The minimum Gasteiger partial charge on any atom is -0.352 e. The summed E-state index contributed by atoms with van der Waals surface area (Å²) in [5, 5.41) is 0. The maximum Gasteiger partial charge on any atom is 0.170 e. The summed E-state index contributed by atoms with van der Waals surface area (Å²) in [6.45, 7) is 5.43. The minimum absolute atomic E-state index is 0.00347. The highest BCUT2D eigenvalue weighted by Gasteiger charge is 2.16. The van der Waals surface area contributed by atoms with Gasteiger partial charge in [-0.3, -0.25) is 4.90 Å². The van der Waals surface area contributed by atoms with Gasteiger partial charge in [-0.05, 0) is 14.0 Å². The van der Waals surface area contributed by atoms with Crippen molar-refractivity contribution in [1.82, 2.24) is 4.90 Å². The number of rotatable bonds is 2. The molecule has 1 fully saturated rings. The lowest BCUT2D eigenvalue weighted by Crippen LogP contribution is -2.41. The molecule has 0 radical (unpaired) electrons. The lowest BCUT2D eigenvalue weighted by molar-refractivity contribution is -0.173. The molecule has 1 aliphatic rings. The van der Waals surface area contributed by atoms with Crippen molar-refractivity contribution in [3.63, 3.8) is 0 Å². The predicted molar refractivity (Wildman–Crippen MR) is 38.9 cm³/mol. The molecule has 1 heterocycles. The first-order valence-corrected chi connectivity index (χ1v) is 3.74. The molecular formula is C7H15NO2. The monoisotopic (exact) mass is 145 g/mol. The number of hydrogen-bond acceptors (Lipinski definition) is 3. The van der Waals surface area contributed by atoms with Gasteiger partial charge in [0.15, 0.2) is 6.29 Å². The first-order valence-electron chi connectivity index (χ1n) is 3.74. The van der Waals surface area contributed by atoms with Crippen LogP contribution in [0.15, 0.2) is 0 Å². The van der Waals surface area contributed by atoms with E-state index in [9.17, 15) is 0 Å². The molecule has 3 heteroatoms. The Labute approximate surface area is 61.9 Å². The molecule has 1 unspecified atom stereocenters. The van der Waals surface area contributed by atoms with E-state index in [0.29, 0.717) is 0 Å². The third-order valence-corrected chi connectivity index (χ3v) is 1.59. The van der Waals surface area contributed by atoms with E-state index < -0.39 is 0 Å². The van der Waals surface area contributed by atoms with Gasteiger partial charge in [-0.25, -0.2) is 0 Å². The molecule has 0 spiro atoms. The van der Waals surface area contributed by atoms with E-state index in [-0.39, 0.29) is 6.29 Å². The highest BCUT2D eigenvalue weighted by Crippen LogP contribution is 2.03. The lowest BCUT2D eigenvalue weighted by atomic mass is 10.4. The average molecular weight is 145 g/mol. The largest absolute Gasteiger partial charge is 0.352 e. The Balaban J connectivity index is 2.18. The fraction of sp³-hybridized carbons (Fsp3) is 1.00. The molecule has 0 bridgehead atoms. The van der Waals surface area contributed by atoms with Gasteiger partial charge in [-0.1, -0.05) is 0 Å². The second-order valence-corrected chi connectivity index (χ2v) is 2.52. The molecule has 0 N–H and O–H groups in total. The fourth-order valence-electron chi connectivity index (χ4n) is 1.03. The Morgan fingerprint density at radius 2 is 2.50 bits per heavy atom. The topological polar surface area (TPSA) is 21.7 Å². The van der Waals surface area contributed by atoms with Gasteiger partial charge in [0.1, 0.15) is 0 Å². The molecule has 0 saturated carbocycles. The van der Waals surface area contributed by atoms with E-state index in [1.54, 1.807) is 0 Å². The summed E-state index contributed by atoms with van der Waals surface area (Å²) in [6.07, 6.45) is 0.00347. The summed E-state index contributed by atoms with van der Waals surface area (Å²) in [6, 6.07) is 0. The highest BCUT2D eigenvalue weighted by atomic mass is 16.7. The molecule has 1 aliphatic heterocycles. The summed E-state index contributed by atoms with van der Waals surface area (Å²) in [4.78, 5) is 2.21. The van der Waals surface area contributed by atoms with Crippen LogP contribution in [0, 0.1) is 0 Å². The van der Waals surface area contributed by atoms with Crippen LogP contribution in [0.4, 0.5) is 0 Å². The van der Waals surface area contributed by atoms with Gasteiger partial charge in [-0.15, -0.1) is 0 Å². The van der Waals surface area contributed by atoms with E-state index >= 15 is 0 Å². The van der Waals surface area contributed by atoms with E-state index in [2.05, 4.69) is 11.9 Å². The van der Waals surface area contributed by atoms with Crippen molar-refractivity contribution in [1.29, 1.82) is 0 Å². The van der Waals surface area contributed by atoms with Crippen molar-refractivity contribution in [3.05, 3.63) is 0 Å². The molecule has 0 aromatic carbocycles. The van der Waals surface area contributed by atoms with Crippen molar-refractivity contribution < 1.29 is 9.47 Å². The molecule has 10 heavy (non-hydrogen) atoms. The van der Waals surface area contributed by atoms with Crippen molar-refractivity contribution >= 4 is 0 Å². The Morgan fingerprint density at radius 3 is 3.10 bits per heavy atom. The van der Waals surface area contributed by atoms with Crippen LogP contribution in [-0.4, -0.2) is 44.5 Å². The van der Waals surface area contributed by atoms with E-state index in [0.717, 1.165) is 26.3 Å². The van der Waals surface area contributed by atoms with Gasteiger partial charge in [0, 0.05) is 19.7 Å². The lowest BCUT2D eigenvalue weighted by Gasteiger charge is -2.29. The molecule has 1 atom stereocenters. The molecule has 1 saturated heterocycles. The zero-order valence-corrected chi connectivity index (χ0v) is 6.67. The maximum atomic E-state index is 5.32. The molecule has 60 valence electrons. The van der Waals surface area contributed by atoms with Gasteiger partial charge in [0.25, 0.3) is 0 Å². The molecule has 0 amide bonds. The predicted octanol–water partition coefficient (Wildman–Crippen LogP) is 0.311. The molecule has 0 aliphatic carbocycles. The highest BCUT2D eigenvalue weighted by molar-refractivity contribution is 4.60. The summed E-state index contributed by atoms with van der Waals surface area (Å²) < 4.78 is 10.6. The van der Waals surface area contributed by atoms with Crippen molar-refractivity contribution in [2.24, 2.45) is 0 Å². The summed E-state index contributed by atoms with van der Waals surface area (Å²) >= 11 is 0. The molecule has 1 rings (SSSR count). The minimum atomic E-state index is 0.00347. The van der Waals surface area contributed by atoms with Gasteiger partial charge in [0.2, 0.25) is 0 Å². The molecular weight excluding hydrogens is 130 g/mol. The third-order valence-electron chi connectivity index (χ3n) is 1.59. The second kappa shape index (κ2) is 3.91. The first kappa shape index (κ1) is 7.98. The zero-order valence-electron chi connectivity index (χ0n) is 6.67. The smallest absolute Gasteiger partial charge is 0.170 e. The molecule has 0 aromatic rings. The van der Waals surface area contributed by atoms with E-state index in [1.807, 2.05) is 6.92 Å². The number of ether oxygens (including phenoxy) is 2. The first-order chi connectivity index (χ1) is 4.83. The standard InChI is InChI=1S/C7H15NO2/c1-3-9-7-6-8(2)4-5-10-7/h7H,3-6H2,1-2H3. The summed E-state index contributed by atoms with van der Waals surface area (Å²) in [5.41, 5.74) is 0. The van der Waals surface area contributed by atoms with Crippen LogP contribution in [0.5, 0.6) is 0 Å². The van der Waals surface area contributed by atoms with Gasteiger partial charge < -0.3 is 9.47 Å². The molecule has 0 aromatic heterocycles. The molecule has 3 nitrogen and oxygen atoms in total. The van der Waals surface area contributed by atoms with Crippen molar-refractivity contribution in [2.75, 3.05) is 33.4 Å².